The number of thiol groups is 1. The van der Waals surface area contributed by atoms with Gasteiger partial charge in [0.05, 0.1) is 5.37 Å². The van der Waals surface area contributed by atoms with E-state index in [4.69, 9.17) is 0 Å². The van der Waals surface area contributed by atoms with Crippen LogP contribution in [0.4, 0.5) is 4.79 Å². The topological polar surface area (TPSA) is 43.9 Å². The summed E-state index contributed by atoms with van der Waals surface area (Å²) in [5.74, 6) is -0.145. The van der Waals surface area contributed by atoms with E-state index in [1.54, 1.807) is 5.01 Å². The summed E-state index contributed by atoms with van der Waals surface area (Å²) in [6.45, 7) is 1.86. The van der Waals surface area contributed by atoms with Crippen molar-refractivity contribution in [3.63, 3.8) is 0 Å². The monoisotopic (exact) mass is 333 g/mol. The van der Waals surface area contributed by atoms with Gasteiger partial charge in [0, 0.05) is 13.1 Å². The average molecular weight is 333 g/mol. The number of piperidine rings is 1. The molecular weight excluding hydrogens is 310 g/mol. The molecule has 1 aromatic rings. The van der Waals surface area contributed by atoms with Crippen LogP contribution in [0, 0.1) is 0 Å². The first-order valence-corrected chi connectivity index (χ1v) is 8.79. The maximum absolute atomic E-state index is 12.6. The molecule has 1 atom stereocenters. The zero-order valence-electron chi connectivity index (χ0n) is 13.2. The van der Waals surface area contributed by atoms with Crippen molar-refractivity contribution in [1.29, 1.82) is 0 Å². The standard InChI is InChI=1S/C17H23N3O2S/c21-15-13-19(18-11-5-2-6-12-18)17(22)20(15)16(23)10-9-14-7-3-1-4-8-14/h1,3-4,7-8,16,23H,2,5-6,9-13H2. The molecule has 23 heavy (non-hydrogen) atoms. The van der Waals surface area contributed by atoms with E-state index in [0.29, 0.717) is 6.42 Å². The van der Waals surface area contributed by atoms with Crippen LogP contribution in [0.3, 0.4) is 0 Å². The zero-order chi connectivity index (χ0) is 16.2. The summed E-state index contributed by atoms with van der Waals surface area (Å²) < 4.78 is 0. The molecule has 6 heteroatoms. The minimum absolute atomic E-state index is 0.145. The number of rotatable bonds is 5. The highest BCUT2D eigenvalue weighted by Gasteiger charge is 2.42. The van der Waals surface area contributed by atoms with Crippen molar-refractivity contribution in [2.75, 3.05) is 19.6 Å². The third kappa shape index (κ3) is 3.70. The fourth-order valence-electron chi connectivity index (χ4n) is 3.21. The first-order valence-electron chi connectivity index (χ1n) is 8.27. The van der Waals surface area contributed by atoms with Gasteiger partial charge in [-0.25, -0.2) is 19.7 Å². The van der Waals surface area contributed by atoms with Crippen LogP contribution >= 0.6 is 12.6 Å². The van der Waals surface area contributed by atoms with Crippen molar-refractivity contribution in [2.45, 2.75) is 37.5 Å². The van der Waals surface area contributed by atoms with E-state index in [1.165, 1.54) is 16.9 Å². The van der Waals surface area contributed by atoms with Gasteiger partial charge in [-0.15, -0.1) is 0 Å². The maximum Gasteiger partial charge on any atom is 0.342 e. The van der Waals surface area contributed by atoms with Gasteiger partial charge in [0.2, 0.25) is 0 Å². The highest BCUT2D eigenvalue weighted by atomic mass is 32.1. The molecular formula is C17H23N3O2S. The summed E-state index contributed by atoms with van der Waals surface area (Å²) in [6, 6.07) is 9.85. The average Bonchev–Trinajstić information content (AvgIpc) is 2.89. The van der Waals surface area contributed by atoms with Crippen LogP contribution in [0.5, 0.6) is 0 Å². The Kier molecular flexibility index (Phi) is 5.23. The molecule has 1 aromatic carbocycles. The predicted octanol–water partition coefficient (Wildman–Crippen LogP) is 2.54. The molecule has 0 radical (unpaired) electrons. The number of urea groups is 1. The Morgan fingerprint density at radius 1 is 1.04 bits per heavy atom. The molecule has 0 saturated carbocycles. The van der Waals surface area contributed by atoms with Gasteiger partial charge in [-0.05, 0) is 31.2 Å². The van der Waals surface area contributed by atoms with E-state index in [2.05, 4.69) is 12.6 Å². The number of nitrogens with zero attached hydrogens (tertiary/aromatic N) is 3. The second kappa shape index (κ2) is 7.36. The number of amides is 3. The van der Waals surface area contributed by atoms with Gasteiger partial charge in [0.1, 0.15) is 6.54 Å². The summed E-state index contributed by atoms with van der Waals surface area (Å²) in [5, 5.41) is 3.25. The lowest BCUT2D eigenvalue weighted by Crippen LogP contribution is -2.48. The third-order valence-corrected chi connectivity index (χ3v) is 4.98. The third-order valence-electron chi connectivity index (χ3n) is 4.49. The molecule has 2 aliphatic heterocycles. The number of benzene rings is 1. The fraction of sp³-hybridized carbons (Fsp3) is 0.529. The second-order valence-corrected chi connectivity index (χ2v) is 6.72. The fourth-order valence-corrected chi connectivity index (χ4v) is 3.56. The van der Waals surface area contributed by atoms with E-state index < -0.39 is 0 Å². The minimum Gasteiger partial charge on any atom is -0.272 e. The van der Waals surface area contributed by atoms with Crippen molar-refractivity contribution >= 4 is 24.6 Å². The zero-order valence-corrected chi connectivity index (χ0v) is 14.1. The molecule has 2 saturated heterocycles. The number of aryl methyl sites for hydroxylation is 1. The molecule has 0 aromatic heterocycles. The maximum atomic E-state index is 12.6. The van der Waals surface area contributed by atoms with Crippen LogP contribution in [0.15, 0.2) is 30.3 Å². The quantitative estimate of drug-likeness (QED) is 0.665. The van der Waals surface area contributed by atoms with Crippen molar-refractivity contribution in [3.8, 4) is 0 Å². The summed E-state index contributed by atoms with van der Waals surface area (Å²) in [6.07, 6.45) is 4.82. The van der Waals surface area contributed by atoms with Crippen LogP contribution in [0.2, 0.25) is 0 Å². The Labute approximate surface area is 142 Å². The normalized spacial score (nSPS) is 21.1. The van der Waals surface area contributed by atoms with Gasteiger partial charge < -0.3 is 0 Å². The molecule has 2 heterocycles. The van der Waals surface area contributed by atoms with E-state index in [9.17, 15) is 9.59 Å². The lowest BCUT2D eigenvalue weighted by molar-refractivity contribution is -0.126. The number of imide groups is 1. The number of hydrogen-bond acceptors (Lipinski definition) is 4. The van der Waals surface area contributed by atoms with Crippen LogP contribution < -0.4 is 0 Å². The summed E-state index contributed by atoms with van der Waals surface area (Å²) in [5.41, 5.74) is 1.19. The van der Waals surface area contributed by atoms with E-state index in [0.717, 1.165) is 32.4 Å². The number of hydrogen-bond donors (Lipinski definition) is 1. The molecule has 0 spiro atoms. The Balaban J connectivity index is 1.60. The van der Waals surface area contributed by atoms with Crippen molar-refractivity contribution < 1.29 is 9.59 Å². The molecule has 2 fully saturated rings. The Morgan fingerprint density at radius 2 is 1.74 bits per heavy atom. The number of carbonyl (C=O) groups is 2. The van der Waals surface area contributed by atoms with Crippen LogP contribution in [0.1, 0.15) is 31.2 Å². The van der Waals surface area contributed by atoms with Gasteiger partial charge in [-0.3, -0.25) is 4.79 Å². The predicted molar refractivity (Wildman–Crippen MR) is 91.9 cm³/mol. The van der Waals surface area contributed by atoms with E-state index >= 15 is 0 Å². The van der Waals surface area contributed by atoms with Crippen molar-refractivity contribution in [1.82, 2.24) is 14.9 Å². The summed E-state index contributed by atoms with van der Waals surface area (Å²) in [7, 11) is 0. The molecule has 3 rings (SSSR count). The van der Waals surface area contributed by atoms with Crippen molar-refractivity contribution in [2.24, 2.45) is 0 Å². The van der Waals surface area contributed by atoms with Crippen LogP contribution in [0.25, 0.3) is 0 Å². The largest absolute Gasteiger partial charge is 0.342 e. The first kappa shape index (κ1) is 16.3. The Hall–Kier alpha value is -1.53. The first-order chi connectivity index (χ1) is 11.2. The summed E-state index contributed by atoms with van der Waals surface area (Å²) >= 11 is 4.52. The van der Waals surface area contributed by atoms with E-state index in [1.807, 2.05) is 35.3 Å². The van der Waals surface area contributed by atoms with Crippen LogP contribution in [-0.4, -0.2) is 51.9 Å². The van der Waals surface area contributed by atoms with Gasteiger partial charge in [0.25, 0.3) is 5.91 Å². The summed E-state index contributed by atoms with van der Waals surface area (Å²) in [4.78, 5) is 26.2. The molecule has 124 valence electrons. The molecule has 1 unspecified atom stereocenters. The van der Waals surface area contributed by atoms with Gasteiger partial charge in [-0.2, -0.15) is 12.6 Å². The van der Waals surface area contributed by atoms with Crippen molar-refractivity contribution in [3.05, 3.63) is 35.9 Å². The molecule has 5 nitrogen and oxygen atoms in total. The number of carbonyl (C=O) groups excluding carboxylic acids is 2. The number of hydrazine groups is 1. The highest BCUT2D eigenvalue weighted by Crippen LogP contribution is 2.23. The lowest BCUT2D eigenvalue weighted by Gasteiger charge is -2.34. The molecule has 0 bridgehead atoms. The lowest BCUT2D eigenvalue weighted by atomic mass is 10.1. The second-order valence-electron chi connectivity index (χ2n) is 6.12. The smallest absolute Gasteiger partial charge is 0.272 e. The molecule has 0 N–H and O–H groups in total. The van der Waals surface area contributed by atoms with Crippen LogP contribution in [-0.2, 0) is 11.2 Å². The molecule has 3 amide bonds. The minimum atomic E-state index is -0.370. The van der Waals surface area contributed by atoms with E-state index in [-0.39, 0.29) is 23.9 Å². The Bertz CT molecular complexity index is 560. The Morgan fingerprint density at radius 3 is 2.43 bits per heavy atom. The van der Waals surface area contributed by atoms with Gasteiger partial charge >= 0.3 is 6.03 Å². The van der Waals surface area contributed by atoms with Gasteiger partial charge in [0.15, 0.2) is 0 Å². The van der Waals surface area contributed by atoms with Gasteiger partial charge in [-0.1, -0.05) is 36.8 Å². The molecule has 0 aliphatic carbocycles. The highest BCUT2D eigenvalue weighted by molar-refractivity contribution is 7.80. The SMILES string of the molecule is O=C1CN(N2CCCCC2)C(=O)N1C(S)CCc1ccccc1. The molecule has 2 aliphatic rings.